The van der Waals surface area contributed by atoms with Crippen LogP contribution < -0.4 is 5.01 Å². The quantitative estimate of drug-likeness (QED) is 0.695. The third kappa shape index (κ3) is 2.06. The maximum Gasteiger partial charge on any atom is 0.196 e. The lowest BCUT2D eigenvalue weighted by Gasteiger charge is -2.35. The molecule has 0 radical (unpaired) electrons. The van der Waals surface area contributed by atoms with Gasteiger partial charge in [-0.1, -0.05) is 0 Å². The number of H-pyrrole nitrogens is 1. The molecule has 1 aliphatic rings. The van der Waals surface area contributed by atoms with Gasteiger partial charge in [0.1, 0.15) is 0 Å². The molecule has 0 bridgehead atoms. The van der Waals surface area contributed by atoms with Crippen LogP contribution in [0.15, 0.2) is 6.20 Å². The lowest BCUT2D eigenvalue weighted by Crippen LogP contribution is -2.50. The van der Waals surface area contributed by atoms with Gasteiger partial charge < -0.3 is 20.0 Å². The van der Waals surface area contributed by atoms with Crippen LogP contribution in [0.5, 0.6) is 0 Å². The SMILES string of the molecule is CN1CCN(n2c(CO)c[nH]c2=S)CC1. The summed E-state index contributed by atoms with van der Waals surface area (Å²) in [5.74, 6) is 0. The summed E-state index contributed by atoms with van der Waals surface area (Å²) in [6, 6.07) is 0. The molecular weight excluding hydrogens is 212 g/mol. The molecular formula is C9H16N4OS. The Morgan fingerprint density at radius 1 is 1.40 bits per heavy atom. The van der Waals surface area contributed by atoms with Crippen LogP contribution in [0.2, 0.25) is 0 Å². The minimum atomic E-state index is 0.0134. The summed E-state index contributed by atoms with van der Waals surface area (Å²) in [5, 5.41) is 11.4. The summed E-state index contributed by atoms with van der Waals surface area (Å²) >= 11 is 5.19. The Hall–Kier alpha value is -0.850. The maximum atomic E-state index is 9.19. The van der Waals surface area contributed by atoms with Crippen molar-refractivity contribution in [1.82, 2.24) is 14.6 Å². The van der Waals surface area contributed by atoms with Crippen LogP contribution in [0.4, 0.5) is 0 Å². The third-order valence-electron chi connectivity index (χ3n) is 2.75. The Bertz CT molecular complexity index is 378. The normalized spacial score (nSPS) is 18.4. The molecule has 0 atom stereocenters. The molecule has 0 aromatic carbocycles. The number of nitrogens with zero attached hydrogens (tertiary/aromatic N) is 3. The van der Waals surface area contributed by atoms with Gasteiger partial charge in [-0.2, -0.15) is 0 Å². The van der Waals surface area contributed by atoms with E-state index >= 15 is 0 Å². The highest BCUT2D eigenvalue weighted by Gasteiger charge is 2.16. The fraction of sp³-hybridized carbons (Fsp3) is 0.667. The number of imidazole rings is 1. The molecule has 1 saturated heterocycles. The molecule has 5 nitrogen and oxygen atoms in total. The third-order valence-corrected chi connectivity index (χ3v) is 3.04. The molecule has 84 valence electrons. The topological polar surface area (TPSA) is 47.4 Å². The van der Waals surface area contributed by atoms with Crippen molar-refractivity contribution in [3.8, 4) is 0 Å². The first-order chi connectivity index (χ1) is 7.22. The standard InChI is InChI=1S/C9H16N4OS/c1-11-2-4-12(5-3-11)13-8(7-14)6-10-9(13)15/h6,14H,2-5,7H2,1H3,(H,10,15). The molecule has 2 heterocycles. The number of aliphatic hydroxyl groups is 1. The fourth-order valence-corrected chi connectivity index (χ4v) is 2.11. The van der Waals surface area contributed by atoms with Crippen LogP contribution in [0.25, 0.3) is 0 Å². The smallest absolute Gasteiger partial charge is 0.196 e. The molecule has 6 heteroatoms. The van der Waals surface area contributed by atoms with E-state index in [0.29, 0.717) is 4.77 Å². The average Bonchev–Trinajstić information content (AvgIpc) is 2.61. The molecule has 1 aromatic heterocycles. The van der Waals surface area contributed by atoms with Gasteiger partial charge in [0.05, 0.1) is 12.3 Å². The van der Waals surface area contributed by atoms with Crippen LogP contribution >= 0.6 is 12.2 Å². The van der Waals surface area contributed by atoms with E-state index in [-0.39, 0.29) is 6.61 Å². The Kier molecular flexibility index (Phi) is 3.08. The number of aromatic amines is 1. The van der Waals surface area contributed by atoms with E-state index in [4.69, 9.17) is 12.2 Å². The average molecular weight is 228 g/mol. The minimum absolute atomic E-state index is 0.0134. The molecule has 0 aliphatic carbocycles. The lowest BCUT2D eigenvalue weighted by atomic mass is 10.4. The van der Waals surface area contributed by atoms with Crippen LogP contribution in [-0.2, 0) is 6.61 Å². The van der Waals surface area contributed by atoms with Crippen molar-refractivity contribution in [2.24, 2.45) is 0 Å². The molecule has 0 amide bonds. The van der Waals surface area contributed by atoms with Gasteiger partial charge in [-0.25, -0.2) is 4.68 Å². The first kappa shape index (κ1) is 10.7. The first-order valence-electron chi connectivity index (χ1n) is 5.06. The van der Waals surface area contributed by atoms with Gasteiger partial charge in [-0.3, -0.25) is 0 Å². The van der Waals surface area contributed by atoms with Gasteiger partial charge in [0.2, 0.25) is 0 Å². The lowest BCUT2D eigenvalue weighted by molar-refractivity contribution is 0.255. The predicted molar refractivity (Wildman–Crippen MR) is 61.0 cm³/mol. The molecule has 0 saturated carbocycles. The van der Waals surface area contributed by atoms with E-state index in [0.717, 1.165) is 31.9 Å². The van der Waals surface area contributed by atoms with Gasteiger partial charge in [0.25, 0.3) is 0 Å². The van der Waals surface area contributed by atoms with Gasteiger partial charge in [-0.05, 0) is 19.3 Å². The first-order valence-corrected chi connectivity index (χ1v) is 5.47. The van der Waals surface area contributed by atoms with Crippen molar-refractivity contribution in [2.75, 3.05) is 38.2 Å². The number of aromatic nitrogens is 2. The van der Waals surface area contributed by atoms with E-state index < -0.39 is 0 Å². The highest BCUT2D eigenvalue weighted by Crippen LogP contribution is 2.06. The zero-order chi connectivity index (χ0) is 10.8. The highest BCUT2D eigenvalue weighted by atomic mass is 32.1. The predicted octanol–water partition coefficient (Wildman–Crippen LogP) is -0.0786. The number of hydrogen-bond donors (Lipinski definition) is 2. The molecule has 1 aliphatic heterocycles. The summed E-state index contributed by atoms with van der Waals surface area (Å²) in [5.41, 5.74) is 0.824. The number of likely N-dealkylation sites (N-methyl/N-ethyl adjacent to an activating group) is 1. The molecule has 15 heavy (non-hydrogen) atoms. The molecule has 0 unspecified atom stereocenters. The van der Waals surface area contributed by atoms with Crippen molar-refractivity contribution in [3.63, 3.8) is 0 Å². The van der Waals surface area contributed by atoms with Crippen LogP contribution in [-0.4, -0.2) is 52.9 Å². The number of nitrogens with one attached hydrogen (secondary N) is 1. The second-order valence-electron chi connectivity index (χ2n) is 3.81. The number of hydrogen-bond acceptors (Lipinski definition) is 4. The van der Waals surface area contributed by atoms with Crippen molar-refractivity contribution in [1.29, 1.82) is 0 Å². The molecule has 0 spiro atoms. The summed E-state index contributed by atoms with van der Waals surface area (Å²) in [6.07, 6.45) is 1.76. The zero-order valence-electron chi connectivity index (χ0n) is 8.81. The van der Waals surface area contributed by atoms with Crippen molar-refractivity contribution in [2.45, 2.75) is 6.61 Å². The zero-order valence-corrected chi connectivity index (χ0v) is 9.63. The van der Waals surface area contributed by atoms with E-state index in [1.165, 1.54) is 0 Å². The Balaban J connectivity index is 2.21. The number of rotatable bonds is 2. The summed E-state index contributed by atoms with van der Waals surface area (Å²) in [6.45, 7) is 3.94. The molecule has 1 aromatic rings. The van der Waals surface area contributed by atoms with E-state index in [2.05, 4.69) is 21.9 Å². The van der Waals surface area contributed by atoms with Crippen molar-refractivity contribution >= 4 is 12.2 Å². The Morgan fingerprint density at radius 2 is 2.07 bits per heavy atom. The van der Waals surface area contributed by atoms with E-state index in [1.54, 1.807) is 6.20 Å². The molecule has 1 fully saturated rings. The number of piperazine rings is 1. The number of aliphatic hydroxyl groups excluding tert-OH is 1. The largest absolute Gasteiger partial charge is 0.390 e. The van der Waals surface area contributed by atoms with Crippen molar-refractivity contribution < 1.29 is 5.11 Å². The summed E-state index contributed by atoms with van der Waals surface area (Å²) < 4.78 is 2.56. The summed E-state index contributed by atoms with van der Waals surface area (Å²) in [7, 11) is 2.11. The van der Waals surface area contributed by atoms with Crippen LogP contribution in [0.1, 0.15) is 5.69 Å². The maximum absolute atomic E-state index is 9.19. The summed E-state index contributed by atoms with van der Waals surface area (Å²) in [4.78, 5) is 5.24. The van der Waals surface area contributed by atoms with Crippen LogP contribution in [0, 0.1) is 4.77 Å². The minimum Gasteiger partial charge on any atom is -0.390 e. The Labute approximate surface area is 93.9 Å². The van der Waals surface area contributed by atoms with Crippen LogP contribution in [0.3, 0.4) is 0 Å². The van der Waals surface area contributed by atoms with Gasteiger partial charge in [0.15, 0.2) is 4.77 Å². The van der Waals surface area contributed by atoms with E-state index in [9.17, 15) is 5.11 Å². The molecule has 2 N–H and O–H groups in total. The van der Waals surface area contributed by atoms with E-state index in [1.807, 2.05) is 4.68 Å². The molecule has 2 rings (SSSR count). The fourth-order valence-electron chi connectivity index (χ4n) is 1.82. The highest BCUT2D eigenvalue weighted by molar-refractivity contribution is 7.71. The van der Waals surface area contributed by atoms with Gasteiger partial charge >= 0.3 is 0 Å². The Morgan fingerprint density at radius 3 is 2.67 bits per heavy atom. The van der Waals surface area contributed by atoms with Crippen molar-refractivity contribution in [3.05, 3.63) is 16.7 Å². The second kappa shape index (κ2) is 4.34. The van der Waals surface area contributed by atoms with Gasteiger partial charge in [-0.15, -0.1) is 0 Å². The second-order valence-corrected chi connectivity index (χ2v) is 4.20. The monoisotopic (exact) mass is 228 g/mol. The van der Waals surface area contributed by atoms with Gasteiger partial charge in [0, 0.05) is 32.4 Å².